The number of hydrogen-bond donors (Lipinski definition) is 0. The number of halogens is 2. The van der Waals surface area contributed by atoms with Gasteiger partial charge in [0.05, 0.1) is 23.8 Å². The number of carbonyl (C=O) groups is 1. The van der Waals surface area contributed by atoms with Crippen molar-refractivity contribution in [2.45, 2.75) is 4.90 Å². The van der Waals surface area contributed by atoms with Crippen LogP contribution in [0.25, 0.3) is 0 Å². The molecular weight excluding hydrogens is 446 g/mol. The fourth-order valence-electron chi connectivity index (χ4n) is 2.42. The van der Waals surface area contributed by atoms with Crippen molar-refractivity contribution in [1.82, 2.24) is 4.31 Å². The molecule has 0 aliphatic carbocycles. The number of esters is 1. The Labute approximate surface area is 164 Å². The third-order valence-corrected chi connectivity index (χ3v) is 6.69. The number of nitrogens with zero attached hydrogens (tertiary/aromatic N) is 1. The van der Waals surface area contributed by atoms with Gasteiger partial charge in [-0.3, -0.25) is 0 Å². The first-order valence-electron chi connectivity index (χ1n) is 7.73. The Morgan fingerprint density at radius 2 is 1.77 bits per heavy atom. The van der Waals surface area contributed by atoms with Crippen molar-refractivity contribution in [2.24, 2.45) is 0 Å². The van der Waals surface area contributed by atoms with E-state index >= 15 is 0 Å². The molecule has 26 heavy (non-hydrogen) atoms. The summed E-state index contributed by atoms with van der Waals surface area (Å²) in [7, 11) is -3.82. The molecule has 1 fully saturated rings. The predicted molar refractivity (Wildman–Crippen MR) is 100 cm³/mol. The predicted octanol–water partition coefficient (Wildman–Crippen LogP) is 3.34. The van der Waals surface area contributed by atoms with Crippen molar-refractivity contribution >= 4 is 43.5 Å². The Hall–Kier alpha value is -1.45. The molecular formula is C17H15BrClNO5S. The minimum atomic E-state index is -3.82. The van der Waals surface area contributed by atoms with Crippen LogP contribution in [-0.2, 0) is 14.8 Å². The molecule has 6 nitrogen and oxygen atoms in total. The molecule has 1 aliphatic rings. The van der Waals surface area contributed by atoms with Gasteiger partial charge in [-0.25, -0.2) is 13.2 Å². The van der Waals surface area contributed by atoms with E-state index in [1.807, 2.05) is 0 Å². The van der Waals surface area contributed by atoms with Gasteiger partial charge in [-0.15, -0.1) is 0 Å². The highest BCUT2D eigenvalue weighted by Gasteiger charge is 2.29. The maximum atomic E-state index is 12.8. The Morgan fingerprint density at radius 3 is 2.42 bits per heavy atom. The topological polar surface area (TPSA) is 72.9 Å². The first-order valence-corrected chi connectivity index (χ1v) is 10.3. The summed E-state index contributed by atoms with van der Waals surface area (Å²) in [5.41, 5.74) is 0.101. The van der Waals surface area contributed by atoms with Gasteiger partial charge in [0, 0.05) is 17.6 Å². The van der Waals surface area contributed by atoms with Gasteiger partial charge >= 0.3 is 5.97 Å². The Balaban J connectivity index is 1.87. The fourth-order valence-corrected chi connectivity index (χ4v) is 4.60. The van der Waals surface area contributed by atoms with Crippen LogP contribution in [0.4, 0.5) is 0 Å². The highest BCUT2D eigenvalue weighted by Crippen LogP contribution is 2.27. The first-order chi connectivity index (χ1) is 12.4. The normalized spacial score (nSPS) is 15.6. The number of rotatable bonds is 4. The highest BCUT2D eigenvalue weighted by molar-refractivity contribution is 9.10. The Kier molecular flexibility index (Phi) is 5.99. The fraction of sp³-hybridized carbons (Fsp3) is 0.235. The molecule has 0 unspecified atom stereocenters. The second-order valence-electron chi connectivity index (χ2n) is 5.51. The maximum absolute atomic E-state index is 12.8. The van der Waals surface area contributed by atoms with Gasteiger partial charge in [0.15, 0.2) is 0 Å². The van der Waals surface area contributed by atoms with E-state index in [9.17, 15) is 13.2 Å². The summed E-state index contributed by atoms with van der Waals surface area (Å²) in [6.07, 6.45) is 0. The number of benzene rings is 2. The molecule has 1 heterocycles. The molecule has 1 saturated heterocycles. The standard InChI is InChI=1S/C17H15BrClNO5S/c18-13-2-4-14(5-3-13)25-17(21)12-1-6-15(19)16(11-12)26(22,23)20-7-9-24-10-8-20/h1-6,11H,7-10H2. The third-order valence-electron chi connectivity index (χ3n) is 3.78. The summed E-state index contributed by atoms with van der Waals surface area (Å²) in [6, 6.07) is 10.8. The van der Waals surface area contributed by atoms with Crippen molar-refractivity contribution in [3.8, 4) is 5.75 Å². The molecule has 138 valence electrons. The molecule has 0 N–H and O–H groups in total. The molecule has 0 aromatic heterocycles. The van der Waals surface area contributed by atoms with E-state index in [4.69, 9.17) is 21.1 Å². The number of carbonyl (C=O) groups excluding carboxylic acids is 1. The Morgan fingerprint density at radius 1 is 1.12 bits per heavy atom. The largest absolute Gasteiger partial charge is 0.423 e. The van der Waals surface area contributed by atoms with Gasteiger partial charge in [-0.1, -0.05) is 27.5 Å². The van der Waals surface area contributed by atoms with Crippen molar-refractivity contribution in [3.05, 3.63) is 57.5 Å². The van der Waals surface area contributed by atoms with Crippen LogP contribution in [0.1, 0.15) is 10.4 Å². The van der Waals surface area contributed by atoms with Crippen LogP contribution in [-0.4, -0.2) is 45.0 Å². The number of ether oxygens (including phenoxy) is 2. The van der Waals surface area contributed by atoms with Gasteiger partial charge in [-0.05, 0) is 42.5 Å². The molecule has 0 amide bonds. The summed E-state index contributed by atoms with van der Waals surface area (Å²) >= 11 is 9.39. The zero-order chi connectivity index (χ0) is 18.7. The lowest BCUT2D eigenvalue weighted by Crippen LogP contribution is -2.40. The average Bonchev–Trinajstić information content (AvgIpc) is 2.64. The molecule has 0 radical (unpaired) electrons. The van der Waals surface area contributed by atoms with E-state index in [0.29, 0.717) is 19.0 Å². The SMILES string of the molecule is O=C(Oc1ccc(Br)cc1)c1ccc(Cl)c(S(=O)(=O)N2CCOCC2)c1. The van der Waals surface area contributed by atoms with Gasteiger partial charge in [-0.2, -0.15) is 4.31 Å². The Bertz CT molecular complexity index is 911. The van der Waals surface area contributed by atoms with E-state index in [1.54, 1.807) is 24.3 Å². The second-order valence-corrected chi connectivity index (χ2v) is 8.73. The highest BCUT2D eigenvalue weighted by atomic mass is 79.9. The smallest absolute Gasteiger partial charge is 0.343 e. The van der Waals surface area contributed by atoms with Gasteiger partial charge < -0.3 is 9.47 Å². The summed E-state index contributed by atoms with van der Waals surface area (Å²) in [5, 5.41) is 0.0525. The second kappa shape index (κ2) is 8.06. The van der Waals surface area contributed by atoms with Gasteiger partial charge in [0.2, 0.25) is 10.0 Å². The summed E-state index contributed by atoms with van der Waals surface area (Å²) in [4.78, 5) is 12.2. The lowest BCUT2D eigenvalue weighted by Gasteiger charge is -2.26. The zero-order valence-corrected chi connectivity index (χ0v) is 16.7. The van der Waals surface area contributed by atoms with Crippen LogP contribution in [0, 0.1) is 0 Å². The number of sulfonamides is 1. The summed E-state index contributed by atoms with van der Waals surface area (Å²) < 4.78 is 38.2. The average molecular weight is 461 g/mol. The summed E-state index contributed by atoms with van der Waals surface area (Å²) in [5.74, 6) is -0.312. The minimum Gasteiger partial charge on any atom is -0.423 e. The first kappa shape index (κ1) is 19.3. The van der Waals surface area contributed by atoms with Crippen molar-refractivity contribution < 1.29 is 22.7 Å². The molecule has 1 aliphatic heterocycles. The zero-order valence-electron chi connectivity index (χ0n) is 13.5. The lowest BCUT2D eigenvalue weighted by molar-refractivity contribution is 0.0727. The maximum Gasteiger partial charge on any atom is 0.343 e. The van der Waals surface area contributed by atoms with E-state index in [-0.39, 0.29) is 28.6 Å². The van der Waals surface area contributed by atoms with Crippen LogP contribution in [0.5, 0.6) is 5.75 Å². The molecule has 3 rings (SSSR count). The van der Waals surface area contributed by atoms with Crippen LogP contribution >= 0.6 is 27.5 Å². The molecule has 9 heteroatoms. The quantitative estimate of drug-likeness (QED) is 0.517. The van der Waals surface area contributed by atoms with E-state index < -0.39 is 16.0 Å². The molecule has 0 bridgehead atoms. The van der Waals surface area contributed by atoms with Crippen LogP contribution in [0.15, 0.2) is 51.8 Å². The van der Waals surface area contributed by atoms with E-state index in [1.165, 1.54) is 22.5 Å². The van der Waals surface area contributed by atoms with Crippen LogP contribution in [0.2, 0.25) is 5.02 Å². The van der Waals surface area contributed by atoms with Crippen LogP contribution in [0.3, 0.4) is 0 Å². The van der Waals surface area contributed by atoms with Crippen LogP contribution < -0.4 is 4.74 Å². The summed E-state index contributed by atoms with van der Waals surface area (Å²) in [6.45, 7) is 1.13. The molecule has 2 aromatic rings. The minimum absolute atomic E-state index is 0.0525. The lowest BCUT2D eigenvalue weighted by atomic mass is 10.2. The van der Waals surface area contributed by atoms with Gasteiger partial charge in [0.1, 0.15) is 10.6 Å². The van der Waals surface area contributed by atoms with E-state index in [0.717, 1.165) is 4.47 Å². The molecule has 0 saturated carbocycles. The third kappa shape index (κ3) is 4.27. The number of morpholine rings is 1. The van der Waals surface area contributed by atoms with Crippen molar-refractivity contribution in [1.29, 1.82) is 0 Å². The molecule has 2 aromatic carbocycles. The van der Waals surface area contributed by atoms with Crippen molar-refractivity contribution in [3.63, 3.8) is 0 Å². The molecule has 0 atom stereocenters. The molecule has 0 spiro atoms. The van der Waals surface area contributed by atoms with Gasteiger partial charge in [0.25, 0.3) is 0 Å². The van der Waals surface area contributed by atoms with E-state index in [2.05, 4.69) is 15.9 Å². The number of hydrogen-bond acceptors (Lipinski definition) is 5. The van der Waals surface area contributed by atoms with Crippen molar-refractivity contribution in [2.75, 3.05) is 26.3 Å². The monoisotopic (exact) mass is 459 g/mol.